The largest absolute Gasteiger partial charge is 0.497 e. The Balaban J connectivity index is 0.00000225. The Morgan fingerprint density at radius 2 is 1.92 bits per heavy atom. The minimum atomic E-state index is 0. The molecule has 4 nitrogen and oxygen atoms in total. The number of benzene rings is 2. The van der Waals surface area contributed by atoms with E-state index in [1.54, 1.807) is 7.11 Å². The number of nitrogens with two attached hydrogens (primary N) is 1. The molecule has 1 fully saturated rings. The van der Waals surface area contributed by atoms with Crippen LogP contribution in [-0.4, -0.2) is 37.6 Å². The lowest BCUT2D eigenvalue weighted by Gasteiger charge is -2.18. The van der Waals surface area contributed by atoms with E-state index in [0.717, 1.165) is 23.4 Å². The molecule has 1 heterocycles. The van der Waals surface area contributed by atoms with Crippen molar-refractivity contribution in [2.24, 2.45) is 11.7 Å². The van der Waals surface area contributed by atoms with E-state index in [0.29, 0.717) is 24.9 Å². The summed E-state index contributed by atoms with van der Waals surface area (Å²) in [6, 6.07) is 15.9. The number of hydrogen-bond acceptors (Lipinski definition) is 3. The molecule has 0 spiro atoms. The van der Waals surface area contributed by atoms with Crippen LogP contribution in [-0.2, 0) is 0 Å². The predicted octanol–water partition coefficient (Wildman–Crippen LogP) is 3.24. The number of rotatable bonds is 4. The minimum Gasteiger partial charge on any atom is -0.497 e. The molecule has 1 aliphatic heterocycles. The van der Waals surface area contributed by atoms with Crippen LogP contribution in [0.15, 0.2) is 48.5 Å². The first-order valence-corrected chi connectivity index (χ1v) is 8.33. The highest BCUT2D eigenvalue weighted by atomic mass is 35.5. The minimum absolute atomic E-state index is 0. The van der Waals surface area contributed by atoms with E-state index >= 15 is 0 Å². The van der Waals surface area contributed by atoms with Crippen molar-refractivity contribution in [2.75, 3.05) is 26.7 Å². The standard InChI is InChI=1S/C20H24N2O2.ClH/c1-14-10-17(24-2)8-9-18(14)20(23)22-12-16(11-21)19(13-22)15-6-4-3-5-7-15;/h3-10,16,19H,11-13,21H2,1-2H3;1H/t16-,19+;/m1./s1. The molecular weight excluding hydrogens is 336 g/mol. The van der Waals surface area contributed by atoms with E-state index in [9.17, 15) is 4.79 Å². The number of nitrogens with zero attached hydrogens (tertiary/aromatic N) is 1. The first kappa shape index (κ1) is 19.3. The molecule has 2 aromatic carbocycles. The van der Waals surface area contributed by atoms with Gasteiger partial charge in [-0.2, -0.15) is 0 Å². The molecule has 1 aliphatic rings. The van der Waals surface area contributed by atoms with Gasteiger partial charge in [-0.25, -0.2) is 0 Å². The molecule has 134 valence electrons. The Hall–Kier alpha value is -2.04. The molecule has 5 heteroatoms. The molecule has 0 saturated carbocycles. The van der Waals surface area contributed by atoms with Gasteiger partial charge in [-0.3, -0.25) is 4.79 Å². The van der Waals surface area contributed by atoms with Crippen molar-refractivity contribution in [3.63, 3.8) is 0 Å². The summed E-state index contributed by atoms with van der Waals surface area (Å²) in [4.78, 5) is 14.9. The summed E-state index contributed by atoms with van der Waals surface area (Å²) >= 11 is 0. The summed E-state index contributed by atoms with van der Waals surface area (Å²) in [5, 5.41) is 0. The second-order valence-electron chi connectivity index (χ2n) is 6.40. The molecule has 25 heavy (non-hydrogen) atoms. The molecule has 0 radical (unpaired) electrons. The fourth-order valence-electron chi connectivity index (χ4n) is 3.53. The normalized spacial score (nSPS) is 19.4. The number of methoxy groups -OCH3 is 1. The predicted molar refractivity (Wildman–Crippen MR) is 103 cm³/mol. The summed E-state index contributed by atoms with van der Waals surface area (Å²) in [6.45, 7) is 3.96. The number of ether oxygens (including phenoxy) is 1. The third kappa shape index (κ3) is 3.97. The van der Waals surface area contributed by atoms with Crippen molar-refractivity contribution in [3.8, 4) is 5.75 Å². The van der Waals surface area contributed by atoms with Gasteiger partial charge in [-0.1, -0.05) is 30.3 Å². The zero-order valence-corrected chi connectivity index (χ0v) is 15.5. The average molecular weight is 361 g/mol. The van der Waals surface area contributed by atoms with Crippen LogP contribution in [0.1, 0.15) is 27.4 Å². The Bertz CT molecular complexity index is 721. The highest BCUT2D eigenvalue weighted by molar-refractivity contribution is 5.96. The van der Waals surface area contributed by atoms with E-state index in [2.05, 4.69) is 12.1 Å². The maximum atomic E-state index is 13.0. The Morgan fingerprint density at radius 1 is 1.20 bits per heavy atom. The highest BCUT2D eigenvalue weighted by Gasteiger charge is 2.35. The Kier molecular flexibility index (Phi) is 6.45. The number of carbonyl (C=O) groups is 1. The maximum absolute atomic E-state index is 13.0. The third-order valence-corrected chi connectivity index (χ3v) is 4.92. The fraction of sp³-hybridized carbons (Fsp3) is 0.350. The average Bonchev–Trinajstić information content (AvgIpc) is 3.06. The molecular formula is C20H25ClN2O2. The topological polar surface area (TPSA) is 55.6 Å². The van der Waals surface area contributed by atoms with Crippen molar-refractivity contribution >= 4 is 18.3 Å². The molecule has 1 amide bonds. The lowest BCUT2D eigenvalue weighted by atomic mass is 9.89. The molecule has 0 unspecified atom stereocenters. The van der Waals surface area contributed by atoms with Crippen LogP contribution in [0.5, 0.6) is 5.75 Å². The molecule has 0 bridgehead atoms. The van der Waals surface area contributed by atoms with E-state index in [1.807, 2.05) is 48.2 Å². The van der Waals surface area contributed by atoms with Crippen molar-refractivity contribution in [2.45, 2.75) is 12.8 Å². The van der Waals surface area contributed by atoms with Gasteiger partial charge in [0.05, 0.1) is 7.11 Å². The molecule has 2 N–H and O–H groups in total. The number of halogens is 1. The first-order valence-electron chi connectivity index (χ1n) is 8.33. The van der Waals surface area contributed by atoms with Gasteiger partial charge in [-0.05, 0) is 48.7 Å². The van der Waals surface area contributed by atoms with Crippen LogP contribution < -0.4 is 10.5 Å². The van der Waals surface area contributed by atoms with Gasteiger partial charge in [0.15, 0.2) is 0 Å². The van der Waals surface area contributed by atoms with Crippen LogP contribution in [0.3, 0.4) is 0 Å². The Labute approximate surface area is 155 Å². The number of likely N-dealkylation sites (tertiary alicyclic amines) is 1. The monoisotopic (exact) mass is 360 g/mol. The summed E-state index contributed by atoms with van der Waals surface area (Å²) in [7, 11) is 1.63. The summed E-state index contributed by atoms with van der Waals surface area (Å²) in [5.41, 5.74) is 8.91. The molecule has 2 aromatic rings. The van der Waals surface area contributed by atoms with Gasteiger partial charge in [-0.15, -0.1) is 12.4 Å². The Morgan fingerprint density at radius 3 is 2.52 bits per heavy atom. The molecule has 3 rings (SSSR count). The lowest BCUT2D eigenvalue weighted by molar-refractivity contribution is 0.0785. The van der Waals surface area contributed by atoms with Crippen LogP contribution in [0, 0.1) is 12.8 Å². The summed E-state index contributed by atoms with van der Waals surface area (Å²) in [6.07, 6.45) is 0. The van der Waals surface area contributed by atoms with Gasteiger partial charge < -0.3 is 15.4 Å². The molecule has 0 aromatic heterocycles. The smallest absolute Gasteiger partial charge is 0.254 e. The van der Waals surface area contributed by atoms with Crippen molar-refractivity contribution in [1.82, 2.24) is 4.90 Å². The van der Waals surface area contributed by atoms with E-state index in [1.165, 1.54) is 5.56 Å². The zero-order chi connectivity index (χ0) is 17.1. The van der Waals surface area contributed by atoms with Gasteiger partial charge >= 0.3 is 0 Å². The quantitative estimate of drug-likeness (QED) is 0.910. The second-order valence-corrected chi connectivity index (χ2v) is 6.40. The van der Waals surface area contributed by atoms with E-state index in [-0.39, 0.29) is 18.3 Å². The van der Waals surface area contributed by atoms with Gasteiger partial charge in [0.2, 0.25) is 0 Å². The van der Waals surface area contributed by atoms with Crippen LogP contribution in [0.2, 0.25) is 0 Å². The number of carbonyl (C=O) groups excluding carboxylic acids is 1. The highest BCUT2D eigenvalue weighted by Crippen LogP contribution is 2.33. The number of aryl methyl sites for hydroxylation is 1. The zero-order valence-electron chi connectivity index (χ0n) is 14.6. The second kappa shape index (κ2) is 8.37. The van der Waals surface area contributed by atoms with Crippen molar-refractivity contribution < 1.29 is 9.53 Å². The summed E-state index contributed by atoms with van der Waals surface area (Å²) in [5.74, 6) is 1.45. The number of hydrogen-bond donors (Lipinski definition) is 1. The van der Waals surface area contributed by atoms with E-state index < -0.39 is 0 Å². The van der Waals surface area contributed by atoms with Crippen molar-refractivity contribution in [3.05, 3.63) is 65.2 Å². The molecule has 1 saturated heterocycles. The molecule has 2 atom stereocenters. The third-order valence-electron chi connectivity index (χ3n) is 4.92. The lowest BCUT2D eigenvalue weighted by Crippen LogP contribution is -2.30. The van der Waals surface area contributed by atoms with Gasteiger partial charge in [0.1, 0.15) is 5.75 Å². The fourth-order valence-corrected chi connectivity index (χ4v) is 3.53. The van der Waals surface area contributed by atoms with E-state index in [4.69, 9.17) is 10.5 Å². The van der Waals surface area contributed by atoms with Gasteiger partial charge in [0.25, 0.3) is 5.91 Å². The number of amides is 1. The SMILES string of the molecule is COc1ccc(C(=O)N2C[C@@H](CN)[C@H](c3ccccc3)C2)c(C)c1.Cl. The maximum Gasteiger partial charge on any atom is 0.254 e. The first-order chi connectivity index (χ1) is 11.6. The van der Waals surface area contributed by atoms with Gasteiger partial charge in [0, 0.05) is 24.6 Å². The van der Waals surface area contributed by atoms with Crippen LogP contribution in [0.4, 0.5) is 0 Å². The summed E-state index contributed by atoms with van der Waals surface area (Å²) < 4.78 is 5.22. The van der Waals surface area contributed by atoms with Crippen LogP contribution >= 0.6 is 12.4 Å². The molecule has 0 aliphatic carbocycles. The van der Waals surface area contributed by atoms with Crippen LogP contribution in [0.25, 0.3) is 0 Å². The van der Waals surface area contributed by atoms with Crippen molar-refractivity contribution in [1.29, 1.82) is 0 Å².